The average molecular weight is 375 g/mol. The Kier molecular flexibility index (Phi) is 6.67. The molecule has 0 radical (unpaired) electrons. The summed E-state index contributed by atoms with van der Waals surface area (Å²) in [6.07, 6.45) is 0.671. The summed E-state index contributed by atoms with van der Waals surface area (Å²) >= 11 is 0. The molecule has 0 spiro atoms. The fraction of sp³-hybridized carbons (Fsp3) is 0.474. The summed E-state index contributed by atoms with van der Waals surface area (Å²) in [5.74, 6) is 1.79. The molecule has 1 aliphatic heterocycles. The molecule has 8 heteroatoms. The van der Waals surface area contributed by atoms with Crippen LogP contribution < -0.4 is 14.8 Å². The Balaban J connectivity index is 1.48. The fourth-order valence-electron chi connectivity index (χ4n) is 2.92. The van der Waals surface area contributed by atoms with Crippen molar-refractivity contribution in [2.45, 2.75) is 13.0 Å². The molecule has 0 saturated carbocycles. The Labute approximate surface area is 158 Å². The van der Waals surface area contributed by atoms with E-state index in [2.05, 4.69) is 15.4 Å². The summed E-state index contributed by atoms with van der Waals surface area (Å²) < 4.78 is 21.1. The summed E-state index contributed by atoms with van der Waals surface area (Å²) in [5, 5.41) is 6.74. The van der Waals surface area contributed by atoms with Gasteiger partial charge in [0.25, 0.3) is 5.91 Å². The molecule has 2 heterocycles. The largest absolute Gasteiger partial charge is 0.493 e. The van der Waals surface area contributed by atoms with Gasteiger partial charge in [0.05, 0.1) is 34.0 Å². The van der Waals surface area contributed by atoms with E-state index >= 15 is 0 Å². The van der Waals surface area contributed by atoms with E-state index in [9.17, 15) is 4.79 Å². The number of nitrogens with one attached hydrogen (secondary N) is 1. The highest BCUT2D eigenvalue weighted by Crippen LogP contribution is 2.27. The molecule has 1 aromatic carbocycles. The molecular weight excluding hydrogens is 350 g/mol. The fourth-order valence-corrected chi connectivity index (χ4v) is 2.92. The third kappa shape index (κ3) is 5.21. The van der Waals surface area contributed by atoms with Gasteiger partial charge in [-0.25, -0.2) is 0 Å². The van der Waals surface area contributed by atoms with E-state index in [0.717, 1.165) is 31.9 Å². The van der Waals surface area contributed by atoms with E-state index in [4.69, 9.17) is 18.7 Å². The van der Waals surface area contributed by atoms with Crippen molar-refractivity contribution in [3.8, 4) is 11.5 Å². The lowest BCUT2D eigenvalue weighted by Gasteiger charge is -2.25. The molecule has 3 rings (SSSR count). The van der Waals surface area contributed by atoms with Crippen molar-refractivity contribution >= 4 is 5.91 Å². The number of rotatable bonds is 8. The van der Waals surface area contributed by atoms with Crippen LogP contribution in [0.2, 0.25) is 0 Å². The normalized spacial score (nSPS) is 14.7. The van der Waals surface area contributed by atoms with Crippen LogP contribution in [0.15, 0.2) is 28.8 Å². The first kappa shape index (κ1) is 19.2. The molecule has 2 aromatic rings. The van der Waals surface area contributed by atoms with Gasteiger partial charge in [-0.05, 0) is 24.1 Å². The van der Waals surface area contributed by atoms with Crippen LogP contribution in [-0.2, 0) is 17.7 Å². The quantitative estimate of drug-likeness (QED) is 0.748. The first-order chi connectivity index (χ1) is 13.2. The minimum atomic E-state index is -0.243. The summed E-state index contributed by atoms with van der Waals surface area (Å²) in [4.78, 5) is 14.5. The standard InChI is InChI=1S/C19H25N3O5/c1-24-17-4-3-14(11-18(17)25-2)5-6-20-19(23)16-12-15(27-21-16)13-22-7-9-26-10-8-22/h3-4,11-12H,5-10,13H2,1-2H3,(H,20,23). The van der Waals surface area contributed by atoms with E-state index in [1.165, 1.54) is 0 Å². The van der Waals surface area contributed by atoms with Crippen LogP contribution in [0.5, 0.6) is 11.5 Å². The number of carbonyl (C=O) groups is 1. The van der Waals surface area contributed by atoms with Gasteiger partial charge in [-0.15, -0.1) is 0 Å². The number of amides is 1. The molecule has 1 saturated heterocycles. The topological polar surface area (TPSA) is 86.1 Å². The van der Waals surface area contributed by atoms with Gasteiger partial charge in [-0.3, -0.25) is 9.69 Å². The molecule has 1 aliphatic rings. The van der Waals surface area contributed by atoms with Crippen molar-refractivity contribution in [2.24, 2.45) is 0 Å². The minimum Gasteiger partial charge on any atom is -0.493 e. The second-order valence-electron chi connectivity index (χ2n) is 6.26. The van der Waals surface area contributed by atoms with Crippen LogP contribution in [0.1, 0.15) is 21.8 Å². The second-order valence-corrected chi connectivity index (χ2v) is 6.26. The third-order valence-electron chi connectivity index (χ3n) is 4.42. The predicted octanol–water partition coefficient (Wildman–Crippen LogP) is 1.50. The summed E-state index contributed by atoms with van der Waals surface area (Å²) in [5.41, 5.74) is 1.34. The molecule has 0 unspecified atom stereocenters. The number of carbonyl (C=O) groups excluding carboxylic acids is 1. The van der Waals surface area contributed by atoms with Crippen LogP contribution in [0.4, 0.5) is 0 Å². The maximum Gasteiger partial charge on any atom is 0.273 e. The average Bonchev–Trinajstić information content (AvgIpc) is 3.17. The van der Waals surface area contributed by atoms with Crippen molar-refractivity contribution in [1.82, 2.24) is 15.4 Å². The van der Waals surface area contributed by atoms with E-state index in [1.54, 1.807) is 20.3 Å². The second kappa shape index (κ2) is 9.38. The first-order valence-electron chi connectivity index (χ1n) is 8.94. The Morgan fingerprint density at radius 2 is 1.96 bits per heavy atom. The molecular formula is C19H25N3O5. The molecule has 0 aliphatic carbocycles. The van der Waals surface area contributed by atoms with E-state index in [1.807, 2.05) is 18.2 Å². The maximum absolute atomic E-state index is 12.3. The molecule has 27 heavy (non-hydrogen) atoms. The van der Waals surface area contributed by atoms with Crippen LogP contribution in [0, 0.1) is 0 Å². The SMILES string of the molecule is COc1ccc(CCNC(=O)c2cc(CN3CCOCC3)on2)cc1OC. The number of benzene rings is 1. The van der Waals surface area contributed by atoms with Crippen LogP contribution in [0.3, 0.4) is 0 Å². The highest BCUT2D eigenvalue weighted by atomic mass is 16.5. The highest BCUT2D eigenvalue weighted by molar-refractivity contribution is 5.92. The van der Waals surface area contributed by atoms with Gasteiger partial charge in [0, 0.05) is 25.7 Å². The third-order valence-corrected chi connectivity index (χ3v) is 4.42. The molecule has 146 valence electrons. The first-order valence-corrected chi connectivity index (χ1v) is 8.94. The summed E-state index contributed by atoms with van der Waals surface area (Å²) in [6.45, 7) is 4.27. The maximum atomic E-state index is 12.3. The van der Waals surface area contributed by atoms with Crippen molar-refractivity contribution in [3.63, 3.8) is 0 Å². The van der Waals surface area contributed by atoms with Crippen LogP contribution in [0.25, 0.3) is 0 Å². The van der Waals surface area contributed by atoms with Crippen LogP contribution >= 0.6 is 0 Å². The number of nitrogens with zero attached hydrogens (tertiary/aromatic N) is 2. The lowest BCUT2D eigenvalue weighted by molar-refractivity contribution is 0.0305. The van der Waals surface area contributed by atoms with Gasteiger partial charge in [-0.2, -0.15) is 0 Å². The van der Waals surface area contributed by atoms with Gasteiger partial charge in [-0.1, -0.05) is 11.2 Å². The molecule has 0 atom stereocenters. The molecule has 1 fully saturated rings. The molecule has 1 N–H and O–H groups in total. The molecule has 1 amide bonds. The lowest BCUT2D eigenvalue weighted by Crippen LogP contribution is -2.35. The lowest BCUT2D eigenvalue weighted by atomic mass is 10.1. The number of ether oxygens (including phenoxy) is 3. The Hall–Kier alpha value is -2.58. The van der Waals surface area contributed by atoms with E-state index < -0.39 is 0 Å². The van der Waals surface area contributed by atoms with E-state index in [-0.39, 0.29) is 5.91 Å². The van der Waals surface area contributed by atoms with Crippen molar-refractivity contribution in [1.29, 1.82) is 0 Å². The Bertz CT molecular complexity index is 756. The molecule has 1 aromatic heterocycles. The number of aromatic nitrogens is 1. The monoisotopic (exact) mass is 375 g/mol. The highest BCUT2D eigenvalue weighted by Gasteiger charge is 2.16. The van der Waals surface area contributed by atoms with Gasteiger partial charge in [0.15, 0.2) is 23.0 Å². The number of morpholine rings is 1. The number of hydrogen-bond donors (Lipinski definition) is 1. The van der Waals surface area contributed by atoms with E-state index in [0.29, 0.717) is 42.5 Å². The zero-order valence-corrected chi connectivity index (χ0v) is 15.7. The Morgan fingerprint density at radius 1 is 1.19 bits per heavy atom. The summed E-state index contributed by atoms with van der Waals surface area (Å²) in [7, 11) is 3.20. The van der Waals surface area contributed by atoms with Gasteiger partial charge in [0.2, 0.25) is 0 Å². The predicted molar refractivity (Wildman–Crippen MR) is 98.2 cm³/mol. The summed E-state index contributed by atoms with van der Waals surface area (Å²) in [6, 6.07) is 7.40. The van der Waals surface area contributed by atoms with Crippen molar-refractivity contribution < 1.29 is 23.5 Å². The van der Waals surface area contributed by atoms with Crippen molar-refractivity contribution in [3.05, 3.63) is 41.3 Å². The Morgan fingerprint density at radius 3 is 2.70 bits per heavy atom. The zero-order chi connectivity index (χ0) is 19.1. The van der Waals surface area contributed by atoms with Gasteiger partial charge < -0.3 is 24.1 Å². The molecule has 8 nitrogen and oxygen atoms in total. The van der Waals surface area contributed by atoms with Crippen molar-refractivity contribution in [2.75, 3.05) is 47.1 Å². The van der Waals surface area contributed by atoms with Crippen LogP contribution in [-0.4, -0.2) is 63.0 Å². The number of hydrogen-bond acceptors (Lipinski definition) is 7. The number of methoxy groups -OCH3 is 2. The van der Waals surface area contributed by atoms with Gasteiger partial charge >= 0.3 is 0 Å². The minimum absolute atomic E-state index is 0.243. The smallest absolute Gasteiger partial charge is 0.273 e. The zero-order valence-electron chi connectivity index (χ0n) is 15.7. The van der Waals surface area contributed by atoms with Gasteiger partial charge in [0.1, 0.15) is 0 Å². The molecule has 0 bridgehead atoms.